The van der Waals surface area contributed by atoms with E-state index in [4.69, 9.17) is 5.11 Å². The van der Waals surface area contributed by atoms with Crippen molar-refractivity contribution in [1.29, 1.82) is 0 Å². The smallest absolute Gasteiger partial charge is 0.0719 e. The molecule has 1 rings (SSSR count). The Morgan fingerprint density at radius 2 is 1.12 bits per heavy atom. The topological polar surface area (TPSA) is 20.2 Å². The maximum Gasteiger partial charge on any atom is 0.0719 e. The highest BCUT2D eigenvalue weighted by molar-refractivity contribution is 5.40. The van der Waals surface area contributed by atoms with E-state index in [0.717, 1.165) is 6.26 Å². The Morgan fingerprint density at radius 3 is 1.35 bits per heavy atom. The van der Waals surface area contributed by atoms with Crippen molar-refractivity contribution < 1.29 is 5.11 Å². The van der Waals surface area contributed by atoms with Gasteiger partial charge in [0.25, 0.3) is 0 Å². The Morgan fingerprint density at radius 1 is 0.808 bits per heavy atom. The van der Waals surface area contributed by atoms with Crippen molar-refractivity contribution >= 4 is 0 Å². The van der Waals surface area contributed by atoms with Gasteiger partial charge in [-0.3, -0.25) is 0 Å². The molecule has 0 saturated heterocycles. The molecule has 152 valence electrons. The van der Waals surface area contributed by atoms with Crippen LogP contribution in [0.3, 0.4) is 0 Å². The molecule has 26 heavy (non-hydrogen) atoms. The van der Waals surface area contributed by atoms with Gasteiger partial charge in [-0.2, -0.15) is 0 Å². The first-order chi connectivity index (χ1) is 11.9. The fourth-order valence-corrected chi connectivity index (χ4v) is 2.92. The summed E-state index contributed by atoms with van der Waals surface area (Å²) in [6.07, 6.45) is 4.47. The summed E-state index contributed by atoms with van der Waals surface area (Å²) in [5, 5.41) is 7.33. The van der Waals surface area contributed by atoms with Gasteiger partial charge in [0.1, 0.15) is 0 Å². The van der Waals surface area contributed by atoms with Crippen LogP contribution < -0.4 is 0 Å². The third kappa shape index (κ3) is 8.43. The van der Waals surface area contributed by atoms with Crippen LogP contribution >= 0.6 is 0 Å². The van der Waals surface area contributed by atoms with E-state index in [0.29, 0.717) is 5.41 Å². The van der Waals surface area contributed by atoms with Crippen LogP contribution in [-0.4, -0.2) is 5.11 Å². The van der Waals surface area contributed by atoms with E-state index in [1.54, 1.807) is 0 Å². The third-order valence-corrected chi connectivity index (χ3v) is 4.94. The molecule has 1 atom stereocenters. The number of rotatable bonds is 4. The van der Waals surface area contributed by atoms with Gasteiger partial charge >= 0.3 is 0 Å². The molecule has 1 nitrogen and oxygen atoms in total. The van der Waals surface area contributed by atoms with Gasteiger partial charge in [-0.05, 0) is 45.8 Å². The first-order valence-electron chi connectivity index (χ1n) is 10.3. The normalized spacial score (nSPS) is 13.5. The standard InChI is InChI=1S/C21H36.C2H4O.C2H6/c1-10-12-21(9,11-2)18-14-16(19(3,4)5)13-17(15-18)20(6,7)8;1-2-3;1-2/h13-15H,10-12H2,1-9H3;2-3H,1H2;1-2H3. The van der Waals surface area contributed by atoms with Gasteiger partial charge in [-0.15, -0.1) is 0 Å². The fraction of sp³-hybridized carbons (Fsp3) is 0.680. The van der Waals surface area contributed by atoms with Crippen LogP contribution in [0.5, 0.6) is 0 Å². The average molecular weight is 363 g/mol. The molecule has 0 heterocycles. The molecule has 1 heteroatoms. The molecule has 0 saturated carbocycles. The number of aliphatic hydroxyl groups is 1. The molecule has 0 spiro atoms. The van der Waals surface area contributed by atoms with Crippen LogP contribution in [0.2, 0.25) is 0 Å². The maximum absolute atomic E-state index is 7.33. The second-order valence-electron chi connectivity index (χ2n) is 9.15. The quantitative estimate of drug-likeness (QED) is 0.532. The molecule has 0 aliphatic heterocycles. The van der Waals surface area contributed by atoms with Crippen molar-refractivity contribution in [2.24, 2.45) is 0 Å². The van der Waals surface area contributed by atoms with Crippen LogP contribution in [0, 0.1) is 0 Å². The van der Waals surface area contributed by atoms with Crippen LogP contribution in [0.25, 0.3) is 0 Å². The van der Waals surface area contributed by atoms with E-state index in [2.05, 4.69) is 87.1 Å². The lowest BCUT2D eigenvalue weighted by Crippen LogP contribution is -2.24. The number of hydrogen-bond acceptors (Lipinski definition) is 1. The van der Waals surface area contributed by atoms with Gasteiger partial charge in [-0.1, -0.05) is 107 Å². The summed E-state index contributed by atoms with van der Waals surface area (Å²) >= 11 is 0. The van der Waals surface area contributed by atoms with Crippen molar-refractivity contribution in [3.05, 3.63) is 47.7 Å². The lowest BCUT2D eigenvalue weighted by Gasteiger charge is -2.33. The Balaban J connectivity index is 0. The summed E-state index contributed by atoms with van der Waals surface area (Å²) in [5.74, 6) is 0. The first kappa shape index (κ1) is 27.0. The van der Waals surface area contributed by atoms with E-state index in [1.807, 2.05) is 13.8 Å². The molecule has 0 aliphatic rings. The van der Waals surface area contributed by atoms with Crippen LogP contribution in [0.4, 0.5) is 0 Å². The largest absolute Gasteiger partial charge is 0.516 e. The minimum Gasteiger partial charge on any atom is -0.516 e. The van der Waals surface area contributed by atoms with Crippen LogP contribution in [0.1, 0.15) is 112 Å². The Kier molecular flexibility index (Phi) is 11.9. The zero-order valence-electron chi connectivity index (χ0n) is 19.6. The summed E-state index contributed by atoms with van der Waals surface area (Å²) in [5.41, 5.74) is 5.19. The number of aliphatic hydroxyl groups excluding tert-OH is 1. The summed E-state index contributed by atoms with van der Waals surface area (Å²) in [6, 6.07) is 7.36. The van der Waals surface area contributed by atoms with Crippen LogP contribution in [0.15, 0.2) is 31.0 Å². The molecular weight excluding hydrogens is 316 g/mol. The first-order valence-corrected chi connectivity index (χ1v) is 10.3. The average Bonchev–Trinajstić information content (AvgIpc) is 2.55. The number of benzene rings is 1. The van der Waals surface area contributed by atoms with Gasteiger partial charge in [0.2, 0.25) is 0 Å². The summed E-state index contributed by atoms with van der Waals surface area (Å²) in [4.78, 5) is 0. The lowest BCUT2D eigenvalue weighted by molar-refractivity contribution is 0.411. The van der Waals surface area contributed by atoms with Crippen molar-refractivity contribution in [2.45, 2.75) is 112 Å². The Hall–Kier alpha value is -1.24. The molecule has 1 unspecified atom stereocenters. The van der Waals surface area contributed by atoms with Crippen molar-refractivity contribution in [3.63, 3.8) is 0 Å². The van der Waals surface area contributed by atoms with Gasteiger partial charge in [0.05, 0.1) is 6.26 Å². The molecule has 0 radical (unpaired) electrons. The summed E-state index contributed by atoms with van der Waals surface area (Å²) in [7, 11) is 0. The molecule has 1 N–H and O–H groups in total. The van der Waals surface area contributed by atoms with E-state index < -0.39 is 0 Å². The summed E-state index contributed by atoms with van der Waals surface area (Å²) < 4.78 is 0. The van der Waals surface area contributed by atoms with Gasteiger partial charge < -0.3 is 5.11 Å². The van der Waals surface area contributed by atoms with E-state index in [-0.39, 0.29) is 10.8 Å². The minimum absolute atomic E-state index is 0.205. The predicted octanol–water partition coefficient (Wildman–Crippen LogP) is 8.46. The van der Waals surface area contributed by atoms with E-state index in [9.17, 15) is 0 Å². The summed E-state index contributed by atoms with van der Waals surface area (Å²) in [6.45, 7) is 27.9. The van der Waals surface area contributed by atoms with Crippen molar-refractivity contribution in [2.75, 3.05) is 0 Å². The second kappa shape index (κ2) is 11.5. The van der Waals surface area contributed by atoms with Crippen LogP contribution in [-0.2, 0) is 16.2 Å². The second-order valence-corrected chi connectivity index (χ2v) is 9.15. The molecular formula is C25H46O. The van der Waals surface area contributed by atoms with Gasteiger partial charge in [0, 0.05) is 0 Å². The highest BCUT2D eigenvalue weighted by atomic mass is 16.2. The zero-order chi connectivity index (χ0) is 21.2. The monoisotopic (exact) mass is 362 g/mol. The SMILES string of the molecule is C=CO.CC.CCCC(C)(CC)c1cc(C(C)(C)C)cc(C(C)(C)C)c1. The Labute approximate surface area is 164 Å². The molecule has 0 aliphatic carbocycles. The Bertz CT molecular complexity index is 482. The fourth-order valence-electron chi connectivity index (χ4n) is 2.92. The highest BCUT2D eigenvalue weighted by Gasteiger charge is 2.28. The molecule has 0 bridgehead atoms. The molecule has 1 aromatic carbocycles. The predicted molar refractivity (Wildman–Crippen MR) is 121 cm³/mol. The number of hydrogen-bond donors (Lipinski definition) is 1. The van der Waals surface area contributed by atoms with Crippen molar-refractivity contribution in [1.82, 2.24) is 0 Å². The van der Waals surface area contributed by atoms with Crippen molar-refractivity contribution in [3.8, 4) is 0 Å². The molecule has 0 aromatic heterocycles. The van der Waals surface area contributed by atoms with Gasteiger partial charge in [-0.25, -0.2) is 0 Å². The molecule has 1 aromatic rings. The zero-order valence-corrected chi connectivity index (χ0v) is 19.6. The van der Waals surface area contributed by atoms with E-state index in [1.165, 1.54) is 36.0 Å². The van der Waals surface area contributed by atoms with Gasteiger partial charge in [0.15, 0.2) is 0 Å². The lowest BCUT2D eigenvalue weighted by atomic mass is 9.71. The highest BCUT2D eigenvalue weighted by Crippen LogP contribution is 2.38. The minimum atomic E-state index is 0.205. The third-order valence-electron chi connectivity index (χ3n) is 4.94. The molecule has 0 amide bonds. The maximum atomic E-state index is 7.33. The molecule has 0 fully saturated rings. The van der Waals surface area contributed by atoms with E-state index >= 15 is 0 Å².